The monoisotopic (exact) mass is 546 g/mol. The molecule has 3 atom stereocenters. The second-order valence-electron chi connectivity index (χ2n) is 11.2. The Bertz CT molecular complexity index is 563. The summed E-state index contributed by atoms with van der Waals surface area (Å²) < 4.78 is 11.1. The maximum Gasteiger partial charge on any atom is 0.373 e. The SMILES string of the molecule is CCC([P+](=O)[O-])[N+](C)(C)C.CCCCCCCCCCC/C=C\CCCCCCCCC(=O)C(O)CO. The number of hydrogen-bond acceptors (Lipinski definition) is 5. The van der Waals surface area contributed by atoms with E-state index >= 15 is 0 Å². The first-order chi connectivity index (χ1) is 17.6. The van der Waals surface area contributed by atoms with E-state index in [1.807, 2.05) is 28.1 Å². The molecule has 0 aromatic carbocycles. The van der Waals surface area contributed by atoms with Gasteiger partial charge in [-0.05, 0) is 32.1 Å². The molecule has 0 bridgehead atoms. The number of aliphatic hydroxyl groups excluding tert-OH is 2. The summed E-state index contributed by atoms with van der Waals surface area (Å²) in [5.41, 5.74) is 0. The number of aliphatic hydroxyl groups is 2. The molecule has 6 nitrogen and oxygen atoms in total. The molecule has 0 aliphatic carbocycles. The summed E-state index contributed by atoms with van der Waals surface area (Å²) >= 11 is 0. The highest BCUT2D eigenvalue weighted by molar-refractivity contribution is 7.37. The van der Waals surface area contributed by atoms with Crippen LogP contribution in [0.15, 0.2) is 12.2 Å². The number of unbranched alkanes of at least 4 members (excludes halogenated alkanes) is 15. The minimum atomic E-state index is -2.28. The Morgan fingerprint density at radius 1 is 0.784 bits per heavy atom. The van der Waals surface area contributed by atoms with Crippen LogP contribution in [0, 0.1) is 0 Å². The van der Waals surface area contributed by atoms with Gasteiger partial charge in [0, 0.05) is 12.8 Å². The lowest BCUT2D eigenvalue weighted by Gasteiger charge is -2.26. The molecular formula is C30H61NO5P+. The highest BCUT2D eigenvalue weighted by Gasteiger charge is 2.32. The van der Waals surface area contributed by atoms with Crippen LogP contribution in [0.25, 0.3) is 0 Å². The minimum absolute atomic E-state index is 0.227. The van der Waals surface area contributed by atoms with Gasteiger partial charge in [-0.3, -0.25) is 9.28 Å². The molecule has 220 valence electrons. The van der Waals surface area contributed by atoms with E-state index in [2.05, 4.69) is 19.1 Å². The summed E-state index contributed by atoms with van der Waals surface area (Å²) in [7, 11) is 3.38. The zero-order chi connectivity index (χ0) is 28.4. The summed E-state index contributed by atoms with van der Waals surface area (Å²) in [4.78, 5) is 21.9. The molecule has 0 aromatic rings. The average Bonchev–Trinajstić information content (AvgIpc) is 2.84. The van der Waals surface area contributed by atoms with E-state index in [0.29, 0.717) is 17.3 Å². The predicted octanol–water partition coefficient (Wildman–Crippen LogP) is 7.04. The third kappa shape index (κ3) is 26.7. The number of allylic oxidation sites excluding steroid dienone is 2. The van der Waals surface area contributed by atoms with Crippen molar-refractivity contribution in [2.75, 3.05) is 27.7 Å². The summed E-state index contributed by atoms with van der Waals surface area (Å²) in [6.45, 7) is 3.71. The molecule has 0 spiro atoms. The molecule has 0 heterocycles. The number of ketones is 1. The third-order valence-corrected chi connectivity index (χ3v) is 8.28. The number of nitrogens with zero attached hydrogens (tertiary/aromatic N) is 1. The van der Waals surface area contributed by atoms with Gasteiger partial charge in [0.2, 0.25) is 0 Å². The van der Waals surface area contributed by atoms with Crippen LogP contribution in [0.4, 0.5) is 0 Å². The van der Waals surface area contributed by atoms with Gasteiger partial charge in [0.05, 0.1) is 27.7 Å². The van der Waals surface area contributed by atoms with Crippen LogP contribution in [0.5, 0.6) is 0 Å². The van der Waals surface area contributed by atoms with Crippen LogP contribution in [0.2, 0.25) is 0 Å². The Hall–Kier alpha value is -0.650. The van der Waals surface area contributed by atoms with Gasteiger partial charge in [-0.25, -0.2) is 0 Å². The predicted molar refractivity (Wildman–Crippen MR) is 156 cm³/mol. The highest BCUT2D eigenvalue weighted by Crippen LogP contribution is 2.26. The van der Waals surface area contributed by atoms with Crippen molar-refractivity contribution in [3.05, 3.63) is 12.2 Å². The molecule has 7 heteroatoms. The van der Waals surface area contributed by atoms with Crippen LogP contribution >= 0.6 is 8.03 Å². The largest absolute Gasteiger partial charge is 0.591 e. The normalized spacial score (nSPS) is 13.8. The third-order valence-electron chi connectivity index (χ3n) is 6.73. The first kappa shape index (κ1) is 38.5. The quantitative estimate of drug-likeness (QED) is 0.0586. The van der Waals surface area contributed by atoms with Gasteiger partial charge >= 0.3 is 8.03 Å². The first-order valence-electron chi connectivity index (χ1n) is 15.0. The molecule has 0 fully saturated rings. The van der Waals surface area contributed by atoms with Gasteiger partial charge in [0.25, 0.3) is 5.78 Å². The second kappa shape index (κ2) is 26.9. The lowest BCUT2D eigenvalue weighted by molar-refractivity contribution is -0.883. The maximum absolute atomic E-state index is 11.3. The van der Waals surface area contributed by atoms with E-state index in [9.17, 15) is 19.4 Å². The van der Waals surface area contributed by atoms with Crippen molar-refractivity contribution in [3.8, 4) is 0 Å². The van der Waals surface area contributed by atoms with E-state index in [1.165, 1.54) is 89.9 Å². The molecule has 2 N–H and O–H groups in total. The maximum atomic E-state index is 11.3. The van der Waals surface area contributed by atoms with Crippen LogP contribution in [0.3, 0.4) is 0 Å². The molecule has 0 aromatic heterocycles. The zero-order valence-electron chi connectivity index (χ0n) is 25.0. The van der Waals surface area contributed by atoms with Crippen molar-refractivity contribution in [1.82, 2.24) is 0 Å². The van der Waals surface area contributed by atoms with Crippen molar-refractivity contribution >= 4 is 13.8 Å². The Morgan fingerprint density at radius 3 is 1.51 bits per heavy atom. The van der Waals surface area contributed by atoms with Crippen molar-refractivity contribution in [2.24, 2.45) is 0 Å². The molecule has 0 saturated carbocycles. The highest BCUT2D eigenvalue weighted by atomic mass is 31.1. The van der Waals surface area contributed by atoms with Crippen molar-refractivity contribution in [2.45, 2.75) is 148 Å². The van der Waals surface area contributed by atoms with E-state index in [4.69, 9.17) is 5.11 Å². The van der Waals surface area contributed by atoms with Gasteiger partial charge in [-0.15, -0.1) is 0 Å². The lowest BCUT2D eigenvalue weighted by atomic mass is 10.0. The zero-order valence-corrected chi connectivity index (χ0v) is 25.9. The topological polar surface area (TPSA) is 97.7 Å². The molecule has 0 radical (unpaired) electrons. The standard InChI is InChI=1S/C24H46O3.C6H15NO2P/c1-2-3-4-5-6-7-8-9-10-11-12-13-14-15-16-17-18-19-20-21-23(26)24(27)22-25;1-5-6(10(8)9)7(2,3)4/h12-13,24-25,27H,2-11,14-22H2,1H3;6H,5H2,1-4H3/q;+1/b13-12-;. The fourth-order valence-corrected chi connectivity index (χ4v) is 5.19. The van der Waals surface area contributed by atoms with E-state index in [-0.39, 0.29) is 11.6 Å². The minimum Gasteiger partial charge on any atom is -0.591 e. The Balaban J connectivity index is 0. The van der Waals surface area contributed by atoms with Gasteiger partial charge in [0.15, 0.2) is 5.78 Å². The fourth-order valence-electron chi connectivity index (χ4n) is 4.33. The van der Waals surface area contributed by atoms with Crippen molar-refractivity contribution in [1.29, 1.82) is 0 Å². The number of rotatable bonds is 24. The van der Waals surface area contributed by atoms with E-state index in [0.717, 1.165) is 19.3 Å². The lowest BCUT2D eigenvalue weighted by Crippen LogP contribution is -2.43. The second-order valence-corrected chi connectivity index (χ2v) is 12.4. The van der Waals surface area contributed by atoms with Gasteiger partial charge in [0.1, 0.15) is 6.10 Å². The van der Waals surface area contributed by atoms with Crippen molar-refractivity contribution in [3.63, 3.8) is 0 Å². The Labute approximate surface area is 230 Å². The number of Topliss-reactive ketones (excluding diaryl/α,β-unsaturated/α-hetero) is 1. The fraction of sp³-hybridized carbons (Fsp3) is 0.900. The molecule has 0 aliphatic rings. The number of hydrogen-bond donors (Lipinski definition) is 2. The first-order valence-corrected chi connectivity index (χ1v) is 16.3. The van der Waals surface area contributed by atoms with Crippen LogP contribution in [-0.4, -0.2) is 60.1 Å². The summed E-state index contributed by atoms with van der Waals surface area (Å²) in [5.74, 6) is -0.468. The Kier molecular flexibility index (Phi) is 28.0. The van der Waals surface area contributed by atoms with Crippen LogP contribution in [-0.2, 0) is 9.36 Å². The number of quaternary nitrogens is 1. The molecule has 0 saturated heterocycles. The molecular weight excluding hydrogens is 485 g/mol. The van der Waals surface area contributed by atoms with Gasteiger partial charge in [-0.2, -0.15) is 0 Å². The number of carbonyl (C=O) groups excluding carboxylic acids is 1. The molecule has 0 rings (SSSR count). The molecule has 3 unspecified atom stereocenters. The number of carbonyl (C=O) groups is 1. The summed E-state index contributed by atoms with van der Waals surface area (Å²) in [5, 5.41) is 17.9. The van der Waals surface area contributed by atoms with Crippen LogP contribution in [0.1, 0.15) is 136 Å². The summed E-state index contributed by atoms with van der Waals surface area (Å²) in [6, 6.07) is 0. The Morgan fingerprint density at radius 2 is 1.19 bits per heavy atom. The molecule has 0 aliphatic heterocycles. The smallest absolute Gasteiger partial charge is 0.373 e. The van der Waals surface area contributed by atoms with E-state index < -0.39 is 20.7 Å². The molecule has 0 amide bonds. The van der Waals surface area contributed by atoms with Crippen molar-refractivity contribution < 1.29 is 28.9 Å². The average molecular weight is 547 g/mol. The van der Waals surface area contributed by atoms with Gasteiger partial charge in [-0.1, -0.05) is 108 Å². The van der Waals surface area contributed by atoms with E-state index in [1.54, 1.807) is 0 Å². The van der Waals surface area contributed by atoms with Gasteiger partial charge < -0.3 is 15.1 Å². The summed E-state index contributed by atoms with van der Waals surface area (Å²) in [6.07, 6.45) is 26.4. The molecule has 37 heavy (non-hydrogen) atoms. The van der Waals surface area contributed by atoms with Crippen LogP contribution < -0.4 is 4.89 Å².